The number of carboxylic acids is 3. The Kier molecular flexibility index (Phi) is 9.69. The van der Waals surface area contributed by atoms with Crippen molar-refractivity contribution in [3.8, 4) is 0 Å². The van der Waals surface area contributed by atoms with E-state index in [1.54, 1.807) is 0 Å². The van der Waals surface area contributed by atoms with Crippen molar-refractivity contribution in [2.75, 3.05) is 0 Å². The molecule has 0 aromatic heterocycles. The van der Waals surface area contributed by atoms with Gasteiger partial charge in [-0.05, 0) is 0 Å². The molecular weight excluding hydrogens is 356 g/mol. The molecule has 0 aliphatic rings. The van der Waals surface area contributed by atoms with Crippen LogP contribution in [-0.4, -0.2) is 73.7 Å². The summed E-state index contributed by atoms with van der Waals surface area (Å²) in [5.74, 6) is -10.0. The molecule has 26 heavy (non-hydrogen) atoms. The second-order valence-electron chi connectivity index (χ2n) is 5.37. The maximum atomic E-state index is 12.5. The summed E-state index contributed by atoms with van der Waals surface area (Å²) in [5.41, 5.74) is 0. The zero-order valence-corrected chi connectivity index (χ0v) is 13.5. The summed E-state index contributed by atoms with van der Waals surface area (Å²) in [6.07, 6.45) is -4.46. The van der Waals surface area contributed by atoms with E-state index in [-0.39, 0.29) is 0 Å². The van der Waals surface area contributed by atoms with E-state index in [2.05, 4.69) is 0 Å². The van der Waals surface area contributed by atoms with Crippen LogP contribution < -0.4 is 5.32 Å². The zero-order chi connectivity index (χ0) is 20.4. The van der Waals surface area contributed by atoms with E-state index >= 15 is 0 Å². The van der Waals surface area contributed by atoms with Gasteiger partial charge in [-0.15, -0.1) is 0 Å². The number of amides is 1. The standard InChI is InChI=1S/C14H20N2O10/c15-5-7(6(14(25)26)3-11(20)21)13(24)8(4-12(22)23)16-9(17)1-2-10(18)19/h5-8,12,15,22-23H,1-4H2,(H,16,17)(H,18,19)(H,20,21)(H,25,26)/t6-,7?,8+/m0/s1. The second-order valence-corrected chi connectivity index (χ2v) is 5.37. The zero-order valence-electron chi connectivity index (χ0n) is 13.5. The van der Waals surface area contributed by atoms with Crippen LogP contribution in [0.2, 0.25) is 0 Å². The van der Waals surface area contributed by atoms with Gasteiger partial charge in [-0.1, -0.05) is 0 Å². The lowest BCUT2D eigenvalue weighted by atomic mass is 9.83. The van der Waals surface area contributed by atoms with Crippen LogP contribution in [0.25, 0.3) is 0 Å². The number of Topliss-reactive ketones (excluding diaryl/α,β-unsaturated/α-hetero) is 1. The van der Waals surface area contributed by atoms with Gasteiger partial charge in [0.2, 0.25) is 5.91 Å². The fourth-order valence-electron chi connectivity index (χ4n) is 2.13. The van der Waals surface area contributed by atoms with Crippen molar-refractivity contribution in [1.82, 2.24) is 5.32 Å². The molecule has 0 aromatic rings. The van der Waals surface area contributed by atoms with Crippen LogP contribution in [0.1, 0.15) is 25.7 Å². The Morgan fingerprint density at radius 1 is 0.962 bits per heavy atom. The third-order valence-electron chi connectivity index (χ3n) is 3.34. The molecule has 0 spiro atoms. The summed E-state index contributed by atoms with van der Waals surface area (Å²) in [4.78, 5) is 56.6. The number of aliphatic carboxylic acids is 3. The Balaban J connectivity index is 5.41. The first-order valence-corrected chi connectivity index (χ1v) is 7.35. The second kappa shape index (κ2) is 10.9. The molecule has 146 valence electrons. The first kappa shape index (κ1) is 23.1. The van der Waals surface area contributed by atoms with Gasteiger partial charge in [-0.2, -0.15) is 0 Å². The van der Waals surface area contributed by atoms with Gasteiger partial charge in [0.25, 0.3) is 0 Å². The van der Waals surface area contributed by atoms with Crippen LogP contribution in [-0.2, 0) is 24.0 Å². The number of hydrogen-bond acceptors (Lipinski definition) is 8. The third kappa shape index (κ3) is 8.30. The first-order valence-electron chi connectivity index (χ1n) is 7.35. The first-order chi connectivity index (χ1) is 12.0. The Hall–Kier alpha value is -2.86. The molecule has 0 fully saturated rings. The maximum absolute atomic E-state index is 12.5. The van der Waals surface area contributed by atoms with Crippen molar-refractivity contribution in [3.05, 3.63) is 0 Å². The molecule has 1 amide bonds. The quantitative estimate of drug-likeness (QED) is 0.139. The molecule has 0 aliphatic heterocycles. The SMILES string of the molecule is N=CC(C(=O)[C@@H](CC(O)O)NC(=O)CCC(=O)O)[C@H](CC(=O)O)C(=O)O. The molecule has 0 aromatic carbocycles. The van der Waals surface area contributed by atoms with E-state index in [0.717, 1.165) is 0 Å². The monoisotopic (exact) mass is 376 g/mol. The lowest BCUT2D eigenvalue weighted by Crippen LogP contribution is -2.48. The summed E-state index contributed by atoms with van der Waals surface area (Å²) < 4.78 is 0. The molecule has 12 nitrogen and oxygen atoms in total. The number of aliphatic hydroxyl groups is 2. The van der Waals surface area contributed by atoms with Gasteiger partial charge >= 0.3 is 17.9 Å². The highest BCUT2D eigenvalue weighted by Gasteiger charge is 2.38. The number of ketones is 1. The summed E-state index contributed by atoms with van der Waals surface area (Å²) in [5, 5.41) is 53.7. The van der Waals surface area contributed by atoms with E-state index in [4.69, 9.17) is 30.9 Å². The minimum Gasteiger partial charge on any atom is -0.481 e. The van der Waals surface area contributed by atoms with E-state index in [9.17, 15) is 24.0 Å². The van der Waals surface area contributed by atoms with Crippen LogP contribution in [0, 0.1) is 17.2 Å². The minimum atomic E-state index is -2.07. The molecule has 12 heteroatoms. The molecular formula is C14H20N2O10. The summed E-state index contributed by atoms with van der Waals surface area (Å²) in [6.45, 7) is 0. The van der Waals surface area contributed by atoms with Gasteiger partial charge in [-0.25, -0.2) is 0 Å². The number of carbonyl (C=O) groups excluding carboxylic acids is 2. The van der Waals surface area contributed by atoms with Crippen LogP contribution in [0.4, 0.5) is 0 Å². The van der Waals surface area contributed by atoms with Gasteiger partial charge in [0.15, 0.2) is 12.1 Å². The molecule has 3 atom stereocenters. The van der Waals surface area contributed by atoms with Crippen LogP contribution in [0.5, 0.6) is 0 Å². The Morgan fingerprint density at radius 2 is 1.54 bits per heavy atom. The molecule has 0 bridgehead atoms. The number of carboxylic acid groups (broad SMARTS) is 3. The predicted molar refractivity (Wildman–Crippen MR) is 82.3 cm³/mol. The highest BCUT2D eigenvalue weighted by Crippen LogP contribution is 2.19. The Labute approximate surface area is 146 Å². The Morgan fingerprint density at radius 3 is 1.92 bits per heavy atom. The van der Waals surface area contributed by atoms with E-state index in [0.29, 0.717) is 6.21 Å². The third-order valence-corrected chi connectivity index (χ3v) is 3.34. The maximum Gasteiger partial charge on any atom is 0.308 e. The van der Waals surface area contributed by atoms with Gasteiger partial charge in [0.05, 0.1) is 30.7 Å². The highest BCUT2D eigenvalue weighted by molar-refractivity contribution is 6.02. The lowest BCUT2D eigenvalue weighted by molar-refractivity contribution is -0.151. The fourth-order valence-corrected chi connectivity index (χ4v) is 2.13. The predicted octanol–water partition coefficient (Wildman–Crippen LogP) is -1.95. The van der Waals surface area contributed by atoms with Gasteiger partial charge in [0, 0.05) is 19.1 Å². The van der Waals surface area contributed by atoms with E-state index < -0.39 is 79.4 Å². The molecule has 0 rings (SSSR count). The normalized spacial score (nSPS) is 14.1. The molecule has 7 N–H and O–H groups in total. The summed E-state index contributed by atoms with van der Waals surface area (Å²) in [6, 6.07) is -1.64. The highest BCUT2D eigenvalue weighted by atomic mass is 16.5. The van der Waals surface area contributed by atoms with Crippen molar-refractivity contribution in [3.63, 3.8) is 0 Å². The van der Waals surface area contributed by atoms with Crippen molar-refractivity contribution < 1.29 is 49.5 Å². The number of rotatable bonds is 13. The van der Waals surface area contributed by atoms with Crippen molar-refractivity contribution in [2.45, 2.75) is 38.0 Å². The van der Waals surface area contributed by atoms with Gasteiger partial charge < -0.3 is 36.3 Å². The topological polar surface area (TPSA) is 222 Å². The smallest absolute Gasteiger partial charge is 0.308 e. The summed E-state index contributed by atoms with van der Waals surface area (Å²) in [7, 11) is 0. The largest absolute Gasteiger partial charge is 0.481 e. The molecule has 0 radical (unpaired) electrons. The van der Waals surface area contributed by atoms with E-state index in [1.807, 2.05) is 5.32 Å². The average molecular weight is 376 g/mol. The Bertz CT molecular complexity index is 574. The number of nitrogens with one attached hydrogen (secondary N) is 2. The van der Waals surface area contributed by atoms with Crippen LogP contribution >= 0.6 is 0 Å². The van der Waals surface area contributed by atoms with E-state index in [1.165, 1.54) is 0 Å². The summed E-state index contributed by atoms with van der Waals surface area (Å²) >= 11 is 0. The van der Waals surface area contributed by atoms with Crippen LogP contribution in [0.15, 0.2) is 0 Å². The van der Waals surface area contributed by atoms with Gasteiger partial charge in [-0.3, -0.25) is 24.0 Å². The van der Waals surface area contributed by atoms with Crippen molar-refractivity contribution >= 4 is 35.8 Å². The molecule has 0 saturated carbocycles. The van der Waals surface area contributed by atoms with Gasteiger partial charge in [0.1, 0.15) is 0 Å². The fraction of sp³-hybridized carbons (Fsp3) is 0.571. The molecule has 1 unspecified atom stereocenters. The number of hydrogen-bond donors (Lipinski definition) is 7. The molecule has 0 saturated heterocycles. The van der Waals surface area contributed by atoms with Crippen molar-refractivity contribution in [2.24, 2.45) is 11.8 Å². The molecule has 0 aliphatic carbocycles. The number of aliphatic hydroxyl groups excluding tert-OH is 1. The lowest BCUT2D eigenvalue weighted by Gasteiger charge is -2.24. The minimum absolute atomic E-state index is 0.407. The van der Waals surface area contributed by atoms with Crippen LogP contribution in [0.3, 0.4) is 0 Å². The average Bonchev–Trinajstić information content (AvgIpc) is 2.50. The number of carbonyl (C=O) groups is 5. The molecule has 0 heterocycles. The van der Waals surface area contributed by atoms with Crippen molar-refractivity contribution in [1.29, 1.82) is 5.41 Å².